The summed E-state index contributed by atoms with van der Waals surface area (Å²) in [6, 6.07) is 6.83. The van der Waals surface area contributed by atoms with E-state index in [1.54, 1.807) is 0 Å². The van der Waals surface area contributed by atoms with E-state index in [2.05, 4.69) is 63.9 Å². The van der Waals surface area contributed by atoms with Crippen molar-refractivity contribution in [2.24, 2.45) is 0 Å². The largest absolute Gasteiger partial charge is 0.543 e. The number of hydrogen-bond donors (Lipinski definition) is 0. The van der Waals surface area contributed by atoms with Crippen molar-refractivity contribution in [2.75, 3.05) is 6.61 Å². The van der Waals surface area contributed by atoms with Gasteiger partial charge in [-0.2, -0.15) is 9.36 Å². The predicted octanol–water partition coefficient (Wildman–Crippen LogP) is 4.43. The zero-order valence-electron chi connectivity index (χ0n) is 19.4. The molecule has 7 nitrogen and oxygen atoms in total. The highest BCUT2D eigenvalue weighted by atomic mass is 28.4. The van der Waals surface area contributed by atoms with Crippen LogP contribution in [0, 0.1) is 6.92 Å². The summed E-state index contributed by atoms with van der Waals surface area (Å²) in [5.74, 6) is 0.755. The number of tetrazole rings is 1. The molecular weight excluding hydrogens is 400 g/mol. The van der Waals surface area contributed by atoms with E-state index in [0.29, 0.717) is 12.3 Å². The minimum Gasteiger partial charge on any atom is -0.543 e. The molecule has 0 fully saturated rings. The van der Waals surface area contributed by atoms with Crippen molar-refractivity contribution in [1.29, 1.82) is 0 Å². The van der Waals surface area contributed by atoms with E-state index >= 15 is 0 Å². The Hall–Kier alpha value is -1.72. The zero-order valence-corrected chi connectivity index (χ0v) is 21.4. The van der Waals surface area contributed by atoms with Crippen LogP contribution < -0.4 is 10.1 Å². The summed E-state index contributed by atoms with van der Waals surface area (Å²) in [6.07, 6.45) is 0. The van der Waals surface area contributed by atoms with Crippen LogP contribution in [0.5, 0.6) is 5.75 Å². The Kier molecular flexibility index (Phi) is 6.96. The molecule has 2 rings (SSSR count). The van der Waals surface area contributed by atoms with Crippen molar-refractivity contribution < 1.29 is 9.16 Å². The molecule has 29 heavy (non-hydrogen) atoms. The Morgan fingerprint density at radius 1 is 1.07 bits per heavy atom. The molecule has 0 saturated carbocycles. The van der Waals surface area contributed by atoms with Crippen LogP contribution in [0.4, 0.5) is 0 Å². The number of nitrogens with zero attached hydrogens (tertiary/aromatic N) is 4. The molecule has 162 valence electrons. The number of benzene rings is 1. The van der Waals surface area contributed by atoms with Crippen molar-refractivity contribution in [1.82, 2.24) is 19.8 Å². The average molecular weight is 437 g/mol. The van der Waals surface area contributed by atoms with Crippen LogP contribution >= 0.6 is 0 Å². The number of rotatable bonds is 8. The second kappa shape index (κ2) is 8.57. The van der Waals surface area contributed by atoms with E-state index < -0.39 is 16.4 Å². The molecule has 0 amide bonds. The second-order valence-electron chi connectivity index (χ2n) is 10.3. The Morgan fingerprint density at radius 3 is 2.31 bits per heavy atom. The summed E-state index contributed by atoms with van der Waals surface area (Å²) in [4.78, 5) is 12.8. The minimum absolute atomic E-state index is 0.0886. The summed E-state index contributed by atoms with van der Waals surface area (Å²) in [7, 11) is -3.15. The molecule has 0 aliphatic carbocycles. The highest BCUT2D eigenvalue weighted by Gasteiger charge is 2.39. The van der Waals surface area contributed by atoms with Gasteiger partial charge in [0.1, 0.15) is 12.5 Å². The van der Waals surface area contributed by atoms with Gasteiger partial charge in [0.15, 0.2) is 0 Å². The van der Waals surface area contributed by atoms with Gasteiger partial charge in [0, 0.05) is 20.7 Å². The van der Waals surface area contributed by atoms with Gasteiger partial charge >= 0.3 is 5.69 Å². The van der Waals surface area contributed by atoms with E-state index in [0.717, 1.165) is 17.4 Å². The molecule has 0 N–H and O–H groups in total. The lowest BCUT2D eigenvalue weighted by Gasteiger charge is -2.36. The van der Waals surface area contributed by atoms with Crippen molar-refractivity contribution in [3.63, 3.8) is 0 Å². The van der Waals surface area contributed by atoms with Crippen LogP contribution in [0.15, 0.2) is 23.0 Å². The molecule has 0 bridgehead atoms. The van der Waals surface area contributed by atoms with Gasteiger partial charge in [0.05, 0.1) is 5.69 Å². The highest BCUT2D eigenvalue weighted by molar-refractivity contribution is 6.76. The first-order valence-corrected chi connectivity index (χ1v) is 16.7. The van der Waals surface area contributed by atoms with Crippen LogP contribution in [0.2, 0.25) is 43.8 Å². The zero-order chi connectivity index (χ0) is 22.0. The lowest BCUT2D eigenvalue weighted by Crippen LogP contribution is -2.43. The first-order valence-electron chi connectivity index (χ1n) is 10.1. The Balaban J connectivity index is 2.21. The fourth-order valence-corrected chi connectivity index (χ4v) is 4.14. The van der Waals surface area contributed by atoms with Crippen molar-refractivity contribution >= 4 is 16.4 Å². The van der Waals surface area contributed by atoms with Crippen LogP contribution in [0.1, 0.15) is 26.3 Å². The summed E-state index contributed by atoms with van der Waals surface area (Å²) >= 11 is 0. The molecule has 0 aliphatic rings. The van der Waals surface area contributed by atoms with Crippen molar-refractivity contribution in [2.45, 2.75) is 78.2 Å². The van der Waals surface area contributed by atoms with Gasteiger partial charge in [-0.3, -0.25) is 0 Å². The molecule has 0 aliphatic heterocycles. The van der Waals surface area contributed by atoms with Crippen molar-refractivity contribution in [3.05, 3.63) is 34.2 Å². The van der Waals surface area contributed by atoms with E-state index in [-0.39, 0.29) is 17.5 Å². The van der Waals surface area contributed by atoms with Gasteiger partial charge in [0.2, 0.25) is 8.32 Å². The molecule has 0 radical (unpaired) electrons. The standard InChI is InChI=1S/C20H36N4O3Si2/c1-16-10-11-17(27-29(8,9)20(2,3)4)14-18(16)24-19(25)23(21-22-24)15-26-12-13-28(5,6)7/h10-11,14H,12-13,15H2,1-9H3. The van der Waals surface area contributed by atoms with E-state index in [1.165, 1.54) is 9.36 Å². The monoisotopic (exact) mass is 436 g/mol. The molecule has 1 aromatic carbocycles. The van der Waals surface area contributed by atoms with E-state index in [9.17, 15) is 4.79 Å². The Labute approximate surface area is 176 Å². The topological polar surface area (TPSA) is 71.2 Å². The number of ether oxygens (including phenoxy) is 1. The second-order valence-corrected chi connectivity index (χ2v) is 20.7. The summed E-state index contributed by atoms with van der Waals surface area (Å²) < 4.78 is 14.6. The molecule has 0 spiro atoms. The molecule has 0 saturated heterocycles. The predicted molar refractivity (Wildman–Crippen MR) is 122 cm³/mol. The highest BCUT2D eigenvalue weighted by Crippen LogP contribution is 2.37. The van der Waals surface area contributed by atoms with Gasteiger partial charge in [-0.05, 0) is 53.2 Å². The van der Waals surface area contributed by atoms with E-state index in [4.69, 9.17) is 9.16 Å². The van der Waals surface area contributed by atoms with Crippen LogP contribution in [0.25, 0.3) is 5.69 Å². The van der Waals surface area contributed by atoms with Gasteiger partial charge in [-0.1, -0.05) is 46.5 Å². The van der Waals surface area contributed by atoms with Gasteiger partial charge in [-0.15, -0.1) is 0 Å². The lowest BCUT2D eigenvalue weighted by atomic mass is 10.2. The molecule has 9 heteroatoms. The van der Waals surface area contributed by atoms with Crippen molar-refractivity contribution in [3.8, 4) is 11.4 Å². The maximum Gasteiger partial charge on any atom is 0.370 e. The number of hydrogen-bond acceptors (Lipinski definition) is 5. The third-order valence-electron chi connectivity index (χ3n) is 5.44. The fourth-order valence-electron chi connectivity index (χ4n) is 2.36. The van der Waals surface area contributed by atoms with Crippen LogP contribution in [0.3, 0.4) is 0 Å². The molecule has 2 aromatic rings. The fraction of sp³-hybridized carbons (Fsp3) is 0.650. The Bertz CT molecular complexity index is 892. The quantitative estimate of drug-likeness (QED) is 0.452. The minimum atomic E-state index is -1.98. The van der Waals surface area contributed by atoms with Gasteiger partial charge in [-0.25, -0.2) is 4.79 Å². The van der Waals surface area contributed by atoms with Crippen LogP contribution in [-0.4, -0.2) is 42.8 Å². The van der Waals surface area contributed by atoms with Gasteiger partial charge in [0.25, 0.3) is 0 Å². The number of aryl methyl sites for hydroxylation is 1. The first-order chi connectivity index (χ1) is 13.2. The lowest BCUT2D eigenvalue weighted by molar-refractivity contribution is 0.0748. The molecular formula is C20H36N4O3Si2. The molecule has 1 aromatic heterocycles. The smallest absolute Gasteiger partial charge is 0.370 e. The summed E-state index contributed by atoms with van der Waals surface area (Å²) in [6.45, 7) is 20.6. The first kappa shape index (κ1) is 23.6. The summed E-state index contributed by atoms with van der Waals surface area (Å²) in [5.41, 5.74) is 1.30. The normalized spacial score (nSPS) is 13.0. The summed E-state index contributed by atoms with van der Waals surface area (Å²) in [5, 5.41) is 8.13. The molecule has 0 unspecified atom stereocenters. The van der Waals surface area contributed by atoms with Gasteiger partial charge < -0.3 is 9.16 Å². The maximum absolute atomic E-state index is 12.8. The average Bonchev–Trinajstić information content (AvgIpc) is 2.92. The SMILES string of the molecule is Cc1ccc(O[Si](C)(C)C(C)(C)C)cc1-n1nnn(COCC[Si](C)(C)C)c1=O. The van der Waals surface area contributed by atoms with E-state index in [1.807, 2.05) is 25.1 Å². The number of aromatic nitrogens is 4. The van der Waals surface area contributed by atoms with Crippen LogP contribution in [-0.2, 0) is 11.5 Å². The third-order valence-corrected chi connectivity index (χ3v) is 11.5. The molecule has 0 atom stereocenters. The Morgan fingerprint density at radius 2 is 1.72 bits per heavy atom. The maximum atomic E-state index is 12.8. The molecule has 1 heterocycles. The third kappa shape index (κ3) is 6.13.